The van der Waals surface area contributed by atoms with Crippen LogP contribution < -0.4 is 10.6 Å². The molecule has 0 amide bonds. The summed E-state index contributed by atoms with van der Waals surface area (Å²) in [6.07, 6.45) is 8.77. The summed E-state index contributed by atoms with van der Waals surface area (Å²) in [4.78, 5) is 9.27. The molecule has 1 aliphatic carbocycles. The lowest BCUT2D eigenvalue weighted by atomic mass is 9.89. The van der Waals surface area contributed by atoms with E-state index in [2.05, 4.69) is 64.1 Å². The summed E-state index contributed by atoms with van der Waals surface area (Å²) >= 11 is 0. The van der Waals surface area contributed by atoms with Crippen molar-refractivity contribution in [3.63, 3.8) is 0 Å². The lowest BCUT2D eigenvalue weighted by molar-refractivity contribution is 0.0671. The van der Waals surface area contributed by atoms with Crippen molar-refractivity contribution in [1.82, 2.24) is 15.3 Å². The number of aromatic nitrogens is 2. The molecule has 6 heteroatoms. The van der Waals surface area contributed by atoms with Crippen LogP contribution in [0.2, 0.25) is 0 Å². The molecule has 2 saturated heterocycles. The maximum absolute atomic E-state index is 6.18. The van der Waals surface area contributed by atoms with E-state index in [1.807, 2.05) is 18.3 Å². The average Bonchev–Trinajstić information content (AvgIpc) is 3.52. The van der Waals surface area contributed by atoms with Crippen LogP contribution >= 0.6 is 0 Å². The van der Waals surface area contributed by atoms with Gasteiger partial charge in [-0.05, 0) is 42.5 Å². The van der Waals surface area contributed by atoms with Gasteiger partial charge in [0.2, 0.25) is 5.95 Å². The fourth-order valence-electron chi connectivity index (χ4n) is 5.73. The van der Waals surface area contributed by atoms with Gasteiger partial charge < -0.3 is 20.1 Å². The van der Waals surface area contributed by atoms with E-state index in [4.69, 9.17) is 14.5 Å². The molecule has 2 aromatic carbocycles. The number of rotatable bonds is 7. The van der Waals surface area contributed by atoms with Crippen molar-refractivity contribution >= 4 is 5.95 Å². The van der Waals surface area contributed by atoms with Gasteiger partial charge in [0.1, 0.15) is 12.2 Å². The Morgan fingerprint density at radius 3 is 2.23 bits per heavy atom. The van der Waals surface area contributed by atoms with E-state index < -0.39 is 0 Å². The lowest BCUT2D eigenvalue weighted by Crippen LogP contribution is -2.44. The standard InChI is InChI=1S/C29H34N4O2/c1-3-7-20(8-4-1)17-31-25-18-34-28-26(19-35-27(25)28)33-29-30-16-15-24(32-29)23-13-11-22(12-14-23)21-9-5-2-6-10-21/h2,5-6,9-16,20,25-28,31H,1,3-4,7-8,17-19H2,(H,30,32,33). The van der Waals surface area contributed by atoms with Crippen LogP contribution in [0.25, 0.3) is 22.4 Å². The van der Waals surface area contributed by atoms with Crippen LogP contribution in [-0.2, 0) is 9.47 Å². The molecule has 0 bridgehead atoms. The number of nitrogens with zero attached hydrogens (tertiary/aromatic N) is 2. The van der Waals surface area contributed by atoms with Crippen LogP contribution in [0.1, 0.15) is 32.1 Å². The molecule has 2 aliphatic heterocycles. The van der Waals surface area contributed by atoms with E-state index in [0.29, 0.717) is 19.2 Å². The van der Waals surface area contributed by atoms with Crippen molar-refractivity contribution in [2.24, 2.45) is 5.92 Å². The van der Waals surface area contributed by atoms with Crippen molar-refractivity contribution < 1.29 is 9.47 Å². The summed E-state index contributed by atoms with van der Waals surface area (Å²) in [6.45, 7) is 2.39. The molecular formula is C29H34N4O2. The third-order valence-electron chi connectivity index (χ3n) is 7.70. The smallest absolute Gasteiger partial charge is 0.223 e. The highest BCUT2D eigenvalue weighted by atomic mass is 16.6. The minimum Gasteiger partial charge on any atom is -0.371 e. The fourth-order valence-corrected chi connectivity index (χ4v) is 5.73. The van der Waals surface area contributed by atoms with Crippen LogP contribution in [0.3, 0.4) is 0 Å². The Morgan fingerprint density at radius 2 is 1.43 bits per heavy atom. The van der Waals surface area contributed by atoms with Gasteiger partial charge in [0, 0.05) is 11.8 Å². The molecular weight excluding hydrogens is 436 g/mol. The van der Waals surface area contributed by atoms with Gasteiger partial charge in [0.05, 0.1) is 31.0 Å². The van der Waals surface area contributed by atoms with Crippen molar-refractivity contribution in [2.75, 3.05) is 25.1 Å². The Labute approximate surface area is 207 Å². The number of hydrogen-bond acceptors (Lipinski definition) is 6. The first-order valence-electron chi connectivity index (χ1n) is 13.1. The molecule has 6 rings (SSSR count). The second-order valence-corrected chi connectivity index (χ2v) is 10.1. The molecule has 3 fully saturated rings. The second-order valence-electron chi connectivity index (χ2n) is 10.1. The number of benzene rings is 2. The van der Waals surface area contributed by atoms with Crippen LogP contribution in [-0.4, -0.2) is 54.0 Å². The highest BCUT2D eigenvalue weighted by Crippen LogP contribution is 2.30. The number of hydrogen-bond donors (Lipinski definition) is 2. The Kier molecular flexibility index (Phi) is 6.76. The topological polar surface area (TPSA) is 68.3 Å². The first-order chi connectivity index (χ1) is 17.3. The highest BCUT2D eigenvalue weighted by molar-refractivity contribution is 5.69. The van der Waals surface area contributed by atoms with E-state index >= 15 is 0 Å². The summed E-state index contributed by atoms with van der Waals surface area (Å²) in [5.41, 5.74) is 4.38. The molecule has 3 heterocycles. The maximum Gasteiger partial charge on any atom is 0.223 e. The molecule has 4 atom stereocenters. The molecule has 0 radical (unpaired) electrons. The van der Waals surface area contributed by atoms with Crippen LogP contribution in [0.15, 0.2) is 66.9 Å². The molecule has 182 valence electrons. The SMILES string of the molecule is c1ccc(-c2ccc(-c3ccnc(NC4COC5C(NCC6CCCCC6)COC45)n3)cc2)cc1. The molecule has 3 aliphatic rings. The second kappa shape index (κ2) is 10.4. The first kappa shape index (κ1) is 22.7. The van der Waals surface area contributed by atoms with Gasteiger partial charge >= 0.3 is 0 Å². The molecule has 1 aromatic heterocycles. The van der Waals surface area contributed by atoms with E-state index in [9.17, 15) is 0 Å². The average molecular weight is 471 g/mol. The molecule has 1 saturated carbocycles. The monoisotopic (exact) mass is 470 g/mol. The zero-order valence-corrected chi connectivity index (χ0v) is 20.1. The molecule has 2 N–H and O–H groups in total. The Hall–Kier alpha value is -2.80. The van der Waals surface area contributed by atoms with Gasteiger partial charge in [0.25, 0.3) is 0 Å². The number of fused-ring (bicyclic) bond motifs is 1. The minimum absolute atomic E-state index is 0.0243. The van der Waals surface area contributed by atoms with Gasteiger partial charge in [-0.3, -0.25) is 0 Å². The molecule has 3 aromatic rings. The summed E-state index contributed by atoms with van der Waals surface area (Å²) in [5.74, 6) is 1.42. The summed E-state index contributed by atoms with van der Waals surface area (Å²) in [7, 11) is 0. The predicted octanol–water partition coefficient (Wildman–Crippen LogP) is 4.93. The zero-order chi connectivity index (χ0) is 23.5. The zero-order valence-electron chi connectivity index (χ0n) is 20.1. The van der Waals surface area contributed by atoms with Crippen LogP contribution in [0.5, 0.6) is 0 Å². The van der Waals surface area contributed by atoms with Crippen molar-refractivity contribution in [3.8, 4) is 22.4 Å². The predicted molar refractivity (Wildman–Crippen MR) is 138 cm³/mol. The first-order valence-corrected chi connectivity index (χ1v) is 13.1. The van der Waals surface area contributed by atoms with Crippen molar-refractivity contribution in [2.45, 2.75) is 56.4 Å². The normalized spacial score (nSPS) is 26.5. The summed E-state index contributed by atoms with van der Waals surface area (Å²) < 4.78 is 12.4. The van der Waals surface area contributed by atoms with Crippen molar-refractivity contribution in [3.05, 3.63) is 66.9 Å². The Balaban J connectivity index is 1.08. The third-order valence-corrected chi connectivity index (χ3v) is 7.70. The van der Waals surface area contributed by atoms with Gasteiger partial charge in [0.15, 0.2) is 0 Å². The van der Waals surface area contributed by atoms with Crippen LogP contribution in [0, 0.1) is 5.92 Å². The lowest BCUT2D eigenvalue weighted by Gasteiger charge is -2.25. The van der Waals surface area contributed by atoms with E-state index in [0.717, 1.165) is 23.7 Å². The molecule has 0 spiro atoms. The van der Waals surface area contributed by atoms with E-state index in [-0.39, 0.29) is 24.3 Å². The van der Waals surface area contributed by atoms with Gasteiger partial charge in [-0.25, -0.2) is 9.97 Å². The van der Waals surface area contributed by atoms with Gasteiger partial charge in [-0.15, -0.1) is 0 Å². The highest BCUT2D eigenvalue weighted by Gasteiger charge is 2.47. The fraction of sp³-hybridized carbons (Fsp3) is 0.448. The Bertz CT molecular complexity index is 1100. The maximum atomic E-state index is 6.18. The van der Waals surface area contributed by atoms with Crippen molar-refractivity contribution in [1.29, 1.82) is 0 Å². The molecule has 4 unspecified atom stereocenters. The van der Waals surface area contributed by atoms with Gasteiger partial charge in [-0.1, -0.05) is 73.9 Å². The quantitative estimate of drug-likeness (QED) is 0.511. The molecule has 35 heavy (non-hydrogen) atoms. The summed E-state index contributed by atoms with van der Waals surface area (Å²) in [6, 6.07) is 21.2. The number of nitrogens with one attached hydrogen (secondary N) is 2. The van der Waals surface area contributed by atoms with Gasteiger partial charge in [-0.2, -0.15) is 0 Å². The number of anilines is 1. The van der Waals surface area contributed by atoms with E-state index in [1.54, 1.807) is 0 Å². The Morgan fingerprint density at radius 1 is 0.743 bits per heavy atom. The van der Waals surface area contributed by atoms with E-state index in [1.165, 1.54) is 43.2 Å². The van der Waals surface area contributed by atoms with Crippen LogP contribution in [0.4, 0.5) is 5.95 Å². The largest absolute Gasteiger partial charge is 0.371 e. The number of ether oxygens (including phenoxy) is 2. The summed E-state index contributed by atoms with van der Waals surface area (Å²) in [5, 5.41) is 7.23. The third kappa shape index (κ3) is 5.10. The molecule has 6 nitrogen and oxygen atoms in total. The minimum atomic E-state index is 0.0243.